The molecule has 0 aliphatic rings. The summed E-state index contributed by atoms with van der Waals surface area (Å²) in [6, 6.07) is 3.46. The van der Waals surface area contributed by atoms with Crippen LogP contribution < -0.4 is 5.32 Å². The topological polar surface area (TPSA) is 49.3 Å². The van der Waals surface area contributed by atoms with Gasteiger partial charge in [-0.15, -0.1) is 0 Å². The molecule has 3 heteroatoms. The fourth-order valence-corrected chi connectivity index (χ4v) is 1.51. The van der Waals surface area contributed by atoms with Gasteiger partial charge in [0.05, 0.1) is 0 Å². The first-order valence-electron chi connectivity index (χ1n) is 5.50. The van der Waals surface area contributed by atoms with Gasteiger partial charge in [0.2, 0.25) is 5.91 Å². The van der Waals surface area contributed by atoms with Crippen LogP contribution in [0, 0.1) is 19.8 Å². The van der Waals surface area contributed by atoms with E-state index < -0.39 is 0 Å². The van der Waals surface area contributed by atoms with Gasteiger partial charge in [0.25, 0.3) is 0 Å². The van der Waals surface area contributed by atoms with Gasteiger partial charge in [-0.3, -0.25) is 4.79 Å². The Morgan fingerprint density at radius 2 is 1.94 bits per heavy atom. The van der Waals surface area contributed by atoms with Crippen molar-refractivity contribution in [2.75, 3.05) is 5.32 Å². The number of rotatable bonds is 3. The van der Waals surface area contributed by atoms with Gasteiger partial charge in [0, 0.05) is 12.1 Å². The molecule has 0 unspecified atom stereocenters. The molecular weight excluding hydrogens is 202 g/mol. The minimum Gasteiger partial charge on any atom is -0.508 e. The summed E-state index contributed by atoms with van der Waals surface area (Å²) in [5, 5.41) is 12.4. The molecule has 1 aromatic rings. The summed E-state index contributed by atoms with van der Waals surface area (Å²) in [5.74, 6) is 0.626. The third-order valence-corrected chi connectivity index (χ3v) is 2.41. The molecule has 88 valence electrons. The minimum absolute atomic E-state index is 0.0168. The number of benzene rings is 1. The number of amides is 1. The average molecular weight is 221 g/mol. The molecular formula is C13H19NO2. The van der Waals surface area contributed by atoms with Gasteiger partial charge in [0.15, 0.2) is 0 Å². The second-order valence-corrected chi connectivity index (χ2v) is 4.60. The molecule has 1 aromatic carbocycles. The van der Waals surface area contributed by atoms with Gasteiger partial charge >= 0.3 is 0 Å². The third-order valence-electron chi connectivity index (χ3n) is 2.41. The number of phenols is 1. The minimum atomic E-state index is 0.0168. The average Bonchev–Trinajstić information content (AvgIpc) is 2.12. The zero-order valence-electron chi connectivity index (χ0n) is 10.3. The van der Waals surface area contributed by atoms with Crippen LogP contribution in [0.25, 0.3) is 0 Å². The molecule has 0 bridgehead atoms. The molecule has 16 heavy (non-hydrogen) atoms. The highest BCUT2D eigenvalue weighted by Crippen LogP contribution is 2.25. The normalized spacial score (nSPS) is 10.6. The Morgan fingerprint density at radius 1 is 1.31 bits per heavy atom. The summed E-state index contributed by atoms with van der Waals surface area (Å²) in [4.78, 5) is 11.6. The fraction of sp³-hybridized carbons (Fsp3) is 0.462. The summed E-state index contributed by atoms with van der Waals surface area (Å²) >= 11 is 0. The number of aryl methyl sites for hydroxylation is 2. The summed E-state index contributed by atoms with van der Waals surface area (Å²) in [5.41, 5.74) is 2.42. The number of hydrogen-bond donors (Lipinski definition) is 2. The molecule has 0 atom stereocenters. The van der Waals surface area contributed by atoms with Gasteiger partial charge < -0.3 is 10.4 Å². The molecule has 0 aromatic heterocycles. The van der Waals surface area contributed by atoms with Gasteiger partial charge in [-0.1, -0.05) is 13.8 Å². The van der Waals surface area contributed by atoms with E-state index in [1.165, 1.54) is 0 Å². The Hall–Kier alpha value is -1.51. The third kappa shape index (κ3) is 3.26. The summed E-state index contributed by atoms with van der Waals surface area (Å²) in [6.45, 7) is 7.69. The predicted octanol–water partition coefficient (Wildman–Crippen LogP) is 2.99. The quantitative estimate of drug-likeness (QED) is 0.771. The Kier molecular flexibility index (Phi) is 3.93. The lowest BCUT2D eigenvalue weighted by molar-refractivity contribution is -0.116. The highest BCUT2D eigenvalue weighted by molar-refractivity contribution is 5.91. The van der Waals surface area contributed by atoms with E-state index >= 15 is 0 Å². The molecule has 0 aliphatic heterocycles. The van der Waals surface area contributed by atoms with Gasteiger partial charge in [-0.25, -0.2) is 0 Å². The SMILES string of the molecule is Cc1cc(NC(=O)CC(C)C)c(C)cc1O. The molecule has 3 nitrogen and oxygen atoms in total. The van der Waals surface area contributed by atoms with E-state index in [9.17, 15) is 9.90 Å². The van der Waals surface area contributed by atoms with Gasteiger partial charge in [0.1, 0.15) is 5.75 Å². The van der Waals surface area contributed by atoms with E-state index in [4.69, 9.17) is 0 Å². The summed E-state index contributed by atoms with van der Waals surface area (Å²) in [6.07, 6.45) is 0.513. The fourth-order valence-electron chi connectivity index (χ4n) is 1.51. The van der Waals surface area contributed by atoms with E-state index in [2.05, 4.69) is 5.32 Å². The van der Waals surface area contributed by atoms with Crippen LogP contribution in [0.1, 0.15) is 31.4 Å². The number of carbonyl (C=O) groups is 1. The van der Waals surface area contributed by atoms with Crippen LogP contribution in [0.5, 0.6) is 5.75 Å². The molecule has 1 rings (SSSR count). The van der Waals surface area contributed by atoms with E-state index in [1.807, 2.05) is 27.7 Å². The first kappa shape index (κ1) is 12.6. The lowest BCUT2D eigenvalue weighted by atomic mass is 10.1. The van der Waals surface area contributed by atoms with Crippen LogP contribution >= 0.6 is 0 Å². The Bertz CT molecular complexity index is 397. The summed E-state index contributed by atoms with van der Waals surface area (Å²) < 4.78 is 0. The van der Waals surface area contributed by atoms with Crippen molar-refractivity contribution in [3.63, 3.8) is 0 Å². The molecule has 0 saturated heterocycles. The van der Waals surface area contributed by atoms with Crippen LogP contribution in [-0.2, 0) is 4.79 Å². The van der Waals surface area contributed by atoms with E-state index in [-0.39, 0.29) is 11.7 Å². The van der Waals surface area contributed by atoms with Gasteiger partial charge in [-0.2, -0.15) is 0 Å². The second-order valence-electron chi connectivity index (χ2n) is 4.60. The van der Waals surface area contributed by atoms with Gasteiger partial charge in [-0.05, 0) is 43.0 Å². The maximum absolute atomic E-state index is 11.6. The monoisotopic (exact) mass is 221 g/mol. The zero-order chi connectivity index (χ0) is 12.3. The largest absolute Gasteiger partial charge is 0.508 e. The van der Waals surface area contributed by atoms with Crippen molar-refractivity contribution < 1.29 is 9.90 Å². The van der Waals surface area contributed by atoms with Crippen molar-refractivity contribution in [1.82, 2.24) is 0 Å². The first-order chi connectivity index (χ1) is 7.40. The molecule has 1 amide bonds. The van der Waals surface area contributed by atoms with Crippen LogP contribution in [0.3, 0.4) is 0 Å². The van der Waals surface area contributed by atoms with Crippen LogP contribution in [0.4, 0.5) is 5.69 Å². The first-order valence-corrected chi connectivity index (χ1v) is 5.50. The smallest absolute Gasteiger partial charge is 0.224 e. The molecule has 0 fully saturated rings. The molecule has 0 heterocycles. The highest BCUT2D eigenvalue weighted by Gasteiger charge is 2.08. The second kappa shape index (κ2) is 5.01. The maximum Gasteiger partial charge on any atom is 0.224 e. The number of anilines is 1. The Balaban J connectivity index is 2.81. The maximum atomic E-state index is 11.6. The molecule has 0 aliphatic carbocycles. The number of hydrogen-bond acceptors (Lipinski definition) is 2. The van der Waals surface area contributed by atoms with E-state index in [0.29, 0.717) is 12.3 Å². The molecule has 2 N–H and O–H groups in total. The lowest BCUT2D eigenvalue weighted by Crippen LogP contribution is -2.14. The number of aromatic hydroxyl groups is 1. The number of nitrogens with one attached hydrogen (secondary N) is 1. The Morgan fingerprint density at radius 3 is 2.50 bits per heavy atom. The van der Waals surface area contributed by atoms with Crippen molar-refractivity contribution in [2.24, 2.45) is 5.92 Å². The van der Waals surface area contributed by atoms with Crippen molar-refractivity contribution in [3.05, 3.63) is 23.3 Å². The highest BCUT2D eigenvalue weighted by atomic mass is 16.3. The lowest BCUT2D eigenvalue weighted by Gasteiger charge is -2.11. The number of carbonyl (C=O) groups excluding carboxylic acids is 1. The zero-order valence-corrected chi connectivity index (χ0v) is 10.3. The van der Waals surface area contributed by atoms with Crippen LogP contribution in [0.2, 0.25) is 0 Å². The van der Waals surface area contributed by atoms with E-state index in [1.54, 1.807) is 12.1 Å². The van der Waals surface area contributed by atoms with Crippen molar-refractivity contribution >= 4 is 11.6 Å². The molecule has 0 saturated carbocycles. The standard InChI is InChI=1S/C13H19NO2/c1-8(2)5-13(16)14-11-6-10(4)12(15)7-9(11)3/h6-8,15H,5H2,1-4H3,(H,14,16). The Labute approximate surface area is 96.5 Å². The molecule has 0 spiro atoms. The van der Waals surface area contributed by atoms with Crippen molar-refractivity contribution in [3.8, 4) is 5.75 Å². The van der Waals surface area contributed by atoms with Crippen LogP contribution in [-0.4, -0.2) is 11.0 Å². The molecule has 0 radical (unpaired) electrons. The predicted molar refractivity (Wildman–Crippen MR) is 65.7 cm³/mol. The van der Waals surface area contributed by atoms with Crippen LogP contribution in [0.15, 0.2) is 12.1 Å². The van der Waals surface area contributed by atoms with E-state index in [0.717, 1.165) is 16.8 Å². The number of phenolic OH excluding ortho intramolecular Hbond substituents is 1. The van der Waals surface area contributed by atoms with Crippen molar-refractivity contribution in [2.45, 2.75) is 34.1 Å². The summed E-state index contributed by atoms with van der Waals surface area (Å²) in [7, 11) is 0. The van der Waals surface area contributed by atoms with Crippen molar-refractivity contribution in [1.29, 1.82) is 0 Å².